The van der Waals surface area contributed by atoms with Crippen LogP contribution in [0.1, 0.15) is 32.4 Å². The molecule has 4 nitrogen and oxygen atoms in total. The van der Waals surface area contributed by atoms with Gasteiger partial charge >= 0.3 is 0 Å². The van der Waals surface area contributed by atoms with Gasteiger partial charge in [0.05, 0.1) is 5.92 Å². The lowest BCUT2D eigenvalue weighted by atomic mass is 9.99. The number of nitrogens with one attached hydrogen (secondary N) is 3. The number of hydrogen-bond donors (Lipinski definition) is 3. The third-order valence-corrected chi connectivity index (χ3v) is 3.76. The van der Waals surface area contributed by atoms with Crippen LogP contribution in [-0.4, -0.2) is 31.1 Å². The molecule has 0 aromatic heterocycles. The van der Waals surface area contributed by atoms with E-state index in [0.717, 1.165) is 13.1 Å². The van der Waals surface area contributed by atoms with Gasteiger partial charge in [-0.3, -0.25) is 4.79 Å². The van der Waals surface area contributed by atoms with Crippen molar-refractivity contribution in [1.82, 2.24) is 16.0 Å². The molecular formula is C16H26ClN3O. The van der Waals surface area contributed by atoms with E-state index in [-0.39, 0.29) is 35.8 Å². The predicted octanol–water partition coefficient (Wildman–Crippen LogP) is 1.87. The van der Waals surface area contributed by atoms with E-state index < -0.39 is 0 Å². The third kappa shape index (κ3) is 5.30. The summed E-state index contributed by atoms with van der Waals surface area (Å²) in [6.45, 7) is 8.63. The van der Waals surface area contributed by atoms with Crippen LogP contribution in [0.25, 0.3) is 0 Å². The van der Waals surface area contributed by atoms with Gasteiger partial charge in [-0.1, -0.05) is 30.3 Å². The van der Waals surface area contributed by atoms with Gasteiger partial charge in [0.1, 0.15) is 0 Å². The molecule has 0 bridgehead atoms. The van der Waals surface area contributed by atoms with Crippen molar-refractivity contribution < 1.29 is 4.79 Å². The first kappa shape index (κ1) is 18.0. The van der Waals surface area contributed by atoms with Crippen molar-refractivity contribution in [3.63, 3.8) is 0 Å². The van der Waals surface area contributed by atoms with Gasteiger partial charge in [-0.25, -0.2) is 0 Å². The zero-order valence-electron chi connectivity index (χ0n) is 13.0. The zero-order chi connectivity index (χ0) is 14.6. The molecule has 118 valence electrons. The molecule has 1 fully saturated rings. The number of halogens is 1. The number of amides is 1. The predicted molar refractivity (Wildman–Crippen MR) is 88.7 cm³/mol. The van der Waals surface area contributed by atoms with Crippen LogP contribution in [0.2, 0.25) is 0 Å². The average molecular weight is 312 g/mol. The molecule has 1 aliphatic heterocycles. The summed E-state index contributed by atoms with van der Waals surface area (Å²) < 4.78 is 0. The summed E-state index contributed by atoms with van der Waals surface area (Å²) in [5.74, 6) is 0.309. The van der Waals surface area contributed by atoms with E-state index in [4.69, 9.17) is 0 Å². The van der Waals surface area contributed by atoms with Crippen molar-refractivity contribution in [3.05, 3.63) is 35.9 Å². The maximum Gasteiger partial charge on any atom is 0.225 e. The topological polar surface area (TPSA) is 53.2 Å². The Bertz CT molecular complexity index is 446. The van der Waals surface area contributed by atoms with Crippen molar-refractivity contribution in [2.45, 2.75) is 32.4 Å². The maximum absolute atomic E-state index is 11.8. The largest absolute Gasteiger partial charge is 0.354 e. The second-order valence-electron chi connectivity index (χ2n) is 6.23. The molecule has 1 atom stereocenters. The lowest BCUT2D eigenvalue weighted by Crippen LogP contribution is -2.55. The molecule has 2 rings (SSSR count). The Hall–Kier alpha value is -1.10. The molecule has 5 heteroatoms. The second kappa shape index (κ2) is 7.78. The van der Waals surface area contributed by atoms with Crippen LogP contribution in [0, 0.1) is 5.92 Å². The van der Waals surface area contributed by atoms with E-state index in [1.54, 1.807) is 0 Å². The maximum atomic E-state index is 11.8. The van der Waals surface area contributed by atoms with Gasteiger partial charge in [-0.05, 0) is 26.3 Å². The van der Waals surface area contributed by atoms with Gasteiger partial charge in [-0.15, -0.1) is 12.4 Å². The first-order chi connectivity index (χ1) is 9.48. The van der Waals surface area contributed by atoms with Crippen LogP contribution in [0.3, 0.4) is 0 Å². The summed E-state index contributed by atoms with van der Waals surface area (Å²) in [4.78, 5) is 11.8. The summed E-state index contributed by atoms with van der Waals surface area (Å²) in [7, 11) is 0. The summed E-state index contributed by atoms with van der Waals surface area (Å²) in [6.07, 6.45) is 0. The molecule has 1 saturated heterocycles. The van der Waals surface area contributed by atoms with Gasteiger partial charge in [0, 0.05) is 31.2 Å². The molecule has 0 spiro atoms. The minimum Gasteiger partial charge on any atom is -0.354 e. The summed E-state index contributed by atoms with van der Waals surface area (Å²) >= 11 is 0. The minimum atomic E-state index is -0.137. The normalized spacial score (nSPS) is 16.5. The van der Waals surface area contributed by atoms with Crippen molar-refractivity contribution in [1.29, 1.82) is 0 Å². The Balaban J connectivity index is 0.00000220. The van der Waals surface area contributed by atoms with Crippen molar-refractivity contribution in [2.75, 3.05) is 19.6 Å². The fraction of sp³-hybridized carbons (Fsp3) is 0.562. The highest BCUT2D eigenvalue weighted by Crippen LogP contribution is 2.15. The summed E-state index contributed by atoms with van der Waals surface area (Å²) in [6, 6.07) is 10.6. The molecule has 21 heavy (non-hydrogen) atoms. The van der Waals surface area contributed by atoms with E-state index in [1.807, 2.05) is 18.2 Å². The van der Waals surface area contributed by atoms with Gasteiger partial charge in [0.15, 0.2) is 0 Å². The number of carbonyl (C=O) groups excluding carboxylic acids is 1. The fourth-order valence-corrected chi connectivity index (χ4v) is 2.39. The average Bonchev–Trinajstić information content (AvgIpc) is 2.35. The van der Waals surface area contributed by atoms with E-state index >= 15 is 0 Å². The first-order valence-electron chi connectivity index (χ1n) is 7.29. The van der Waals surface area contributed by atoms with Gasteiger partial charge in [0.25, 0.3) is 0 Å². The van der Waals surface area contributed by atoms with Crippen molar-refractivity contribution >= 4 is 18.3 Å². The smallest absolute Gasteiger partial charge is 0.225 e. The van der Waals surface area contributed by atoms with Gasteiger partial charge in [-0.2, -0.15) is 0 Å². The lowest BCUT2D eigenvalue weighted by Gasteiger charge is -2.32. The highest BCUT2D eigenvalue weighted by molar-refractivity contribution is 5.85. The number of carbonyl (C=O) groups is 1. The van der Waals surface area contributed by atoms with E-state index in [1.165, 1.54) is 5.56 Å². The number of rotatable bonds is 6. The monoisotopic (exact) mass is 311 g/mol. The highest BCUT2D eigenvalue weighted by atomic mass is 35.5. The molecule has 1 unspecified atom stereocenters. The van der Waals surface area contributed by atoms with Crippen LogP contribution in [0.5, 0.6) is 0 Å². The molecule has 1 aliphatic rings. The molecular weight excluding hydrogens is 286 g/mol. The van der Waals surface area contributed by atoms with Crippen LogP contribution in [-0.2, 0) is 4.79 Å². The van der Waals surface area contributed by atoms with Crippen molar-refractivity contribution in [2.24, 2.45) is 5.92 Å². The molecule has 1 aromatic rings. The van der Waals surface area contributed by atoms with Crippen molar-refractivity contribution in [3.8, 4) is 0 Å². The van der Waals surface area contributed by atoms with E-state index in [0.29, 0.717) is 6.54 Å². The standard InChI is InChI=1S/C16H25N3O.ClH/c1-12(13-7-5-4-6-8-13)19-16(2,3)11-18-15(20)14-9-17-10-14;/h4-8,12,14,17,19H,9-11H2,1-3H3,(H,18,20);1H. The van der Waals surface area contributed by atoms with E-state index in [2.05, 4.69) is 48.9 Å². The first-order valence-corrected chi connectivity index (χ1v) is 7.29. The fourth-order valence-electron chi connectivity index (χ4n) is 2.39. The minimum absolute atomic E-state index is 0. The molecule has 3 N–H and O–H groups in total. The molecule has 1 amide bonds. The van der Waals surface area contributed by atoms with Crippen LogP contribution >= 0.6 is 12.4 Å². The Kier molecular flexibility index (Phi) is 6.65. The Morgan fingerprint density at radius 3 is 2.48 bits per heavy atom. The van der Waals surface area contributed by atoms with Crippen LogP contribution in [0.4, 0.5) is 0 Å². The Morgan fingerprint density at radius 2 is 1.95 bits per heavy atom. The van der Waals surface area contributed by atoms with Gasteiger partial charge in [0.2, 0.25) is 5.91 Å². The molecule has 1 aromatic carbocycles. The Labute approximate surface area is 133 Å². The highest BCUT2D eigenvalue weighted by Gasteiger charge is 2.27. The number of benzene rings is 1. The summed E-state index contributed by atoms with van der Waals surface area (Å²) in [5, 5.41) is 9.73. The van der Waals surface area contributed by atoms with Gasteiger partial charge < -0.3 is 16.0 Å². The van der Waals surface area contributed by atoms with E-state index in [9.17, 15) is 4.79 Å². The zero-order valence-corrected chi connectivity index (χ0v) is 13.8. The quantitative estimate of drug-likeness (QED) is 0.752. The Morgan fingerprint density at radius 1 is 1.33 bits per heavy atom. The third-order valence-electron chi connectivity index (χ3n) is 3.76. The van der Waals surface area contributed by atoms with Crippen LogP contribution in [0.15, 0.2) is 30.3 Å². The lowest BCUT2D eigenvalue weighted by molar-refractivity contribution is -0.126. The van der Waals surface area contributed by atoms with Crippen LogP contribution < -0.4 is 16.0 Å². The second-order valence-corrected chi connectivity index (χ2v) is 6.23. The molecule has 0 saturated carbocycles. The summed E-state index contributed by atoms with van der Waals surface area (Å²) in [5.41, 5.74) is 1.12. The SMILES string of the molecule is CC(NC(C)(C)CNC(=O)C1CNC1)c1ccccc1.Cl. The molecule has 0 radical (unpaired) electrons. The number of hydrogen-bond acceptors (Lipinski definition) is 3. The molecule has 0 aliphatic carbocycles. The molecule has 1 heterocycles.